The molecule has 3 aromatic rings. The normalized spacial score (nSPS) is 16.3. The van der Waals surface area contributed by atoms with Crippen LogP contribution in [0.4, 0.5) is 6.01 Å². The number of likely N-dealkylation sites (tertiary alicyclic amines) is 1. The summed E-state index contributed by atoms with van der Waals surface area (Å²) in [5.41, 5.74) is 1.84. The number of ether oxygens (including phenoxy) is 2. The number of carbonyl (C=O) groups excluding carboxylic acids is 1. The lowest BCUT2D eigenvalue weighted by Crippen LogP contribution is -2.37. The number of hydrogen-bond donors (Lipinski definition) is 0. The molecule has 0 N–H and O–H groups in total. The van der Waals surface area contributed by atoms with Gasteiger partial charge in [0.15, 0.2) is 5.58 Å². The standard InChI is InChI=1S/C21H22ClN3O4/c1-24(21-23-15-8-7-13(22)11-18(15)29-21)14-9-10-25(12-14)20(26)19-16(27-2)5-4-6-17(19)28-3/h4-8,11,14H,9-10,12H2,1-3H3/t14-/m1/s1. The van der Waals surface area contributed by atoms with Crippen LogP contribution in [-0.2, 0) is 0 Å². The van der Waals surface area contributed by atoms with Gasteiger partial charge in [0.25, 0.3) is 11.9 Å². The van der Waals surface area contributed by atoms with E-state index in [0.29, 0.717) is 46.8 Å². The number of aromatic nitrogens is 1. The molecule has 0 radical (unpaired) electrons. The van der Waals surface area contributed by atoms with E-state index in [1.54, 1.807) is 49.5 Å². The molecule has 0 unspecified atom stereocenters. The zero-order valence-corrected chi connectivity index (χ0v) is 17.3. The van der Waals surface area contributed by atoms with Crippen LogP contribution in [0.5, 0.6) is 11.5 Å². The predicted octanol–water partition coefficient (Wildman–Crippen LogP) is 3.85. The van der Waals surface area contributed by atoms with Crippen molar-refractivity contribution in [3.63, 3.8) is 0 Å². The van der Waals surface area contributed by atoms with Crippen molar-refractivity contribution in [2.75, 3.05) is 39.3 Å². The fraction of sp³-hybridized carbons (Fsp3) is 0.333. The van der Waals surface area contributed by atoms with Gasteiger partial charge >= 0.3 is 0 Å². The summed E-state index contributed by atoms with van der Waals surface area (Å²) in [6.07, 6.45) is 0.805. The minimum Gasteiger partial charge on any atom is -0.496 e. The summed E-state index contributed by atoms with van der Waals surface area (Å²) in [7, 11) is 5.02. The van der Waals surface area contributed by atoms with E-state index >= 15 is 0 Å². The number of nitrogens with zero attached hydrogens (tertiary/aromatic N) is 3. The van der Waals surface area contributed by atoms with Gasteiger partial charge in [0, 0.05) is 31.2 Å². The third-order valence-electron chi connectivity index (χ3n) is 5.28. The first kappa shape index (κ1) is 19.4. The highest BCUT2D eigenvalue weighted by Gasteiger charge is 2.33. The molecule has 8 heteroatoms. The quantitative estimate of drug-likeness (QED) is 0.630. The third-order valence-corrected chi connectivity index (χ3v) is 5.52. The number of rotatable bonds is 5. The molecule has 1 amide bonds. The number of hydrogen-bond acceptors (Lipinski definition) is 6. The van der Waals surface area contributed by atoms with Crippen LogP contribution in [0.3, 0.4) is 0 Å². The summed E-state index contributed by atoms with van der Waals surface area (Å²) in [6.45, 7) is 1.18. The molecular weight excluding hydrogens is 394 g/mol. The van der Waals surface area contributed by atoms with Gasteiger partial charge in [0.2, 0.25) is 0 Å². The molecule has 1 saturated heterocycles. The molecule has 1 aromatic heterocycles. The van der Waals surface area contributed by atoms with Crippen molar-refractivity contribution in [2.24, 2.45) is 0 Å². The van der Waals surface area contributed by atoms with Gasteiger partial charge in [-0.2, -0.15) is 4.98 Å². The van der Waals surface area contributed by atoms with Crippen LogP contribution in [0.1, 0.15) is 16.8 Å². The van der Waals surface area contributed by atoms with Crippen molar-refractivity contribution in [2.45, 2.75) is 12.5 Å². The van der Waals surface area contributed by atoms with Gasteiger partial charge in [0.05, 0.1) is 20.3 Å². The first-order valence-electron chi connectivity index (χ1n) is 9.31. The number of benzene rings is 2. The van der Waals surface area contributed by atoms with Gasteiger partial charge in [-0.05, 0) is 30.7 Å². The molecule has 2 aromatic carbocycles. The van der Waals surface area contributed by atoms with Crippen molar-refractivity contribution in [3.05, 3.63) is 47.0 Å². The van der Waals surface area contributed by atoms with Crippen LogP contribution in [0.15, 0.2) is 40.8 Å². The maximum absolute atomic E-state index is 13.2. The molecule has 1 fully saturated rings. The Morgan fingerprint density at radius 3 is 2.66 bits per heavy atom. The smallest absolute Gasteiger partial charge is 0.298 e. The molecular formula is C21H22ClN3O4. The highest BCUT2D eigenvalue weighted by Crippen LogP contribution is 2.32. The Balaban J connectivity index is 1.53. The Morgan fingerprint density at radius 2 is 1.97 bits per heavy atom. The van der Waals surface area contributed by atoms with E-state index in [9.17, 15) is 4.79 Å². The van der Waals surface area contributed by atoms with Crippen LogP contribution in [-0.4, -0.2) is 56.2 Å². The Hall–Kier alpha value is -2.93. The number of anilines is 1. The molecule has 1 aliphatic heterocycles. The molecule has 29 heavy (non-hydrogen) atoms. The molecule has 1 aliphatic rings. The lowest BCUT2D eigenvalue weighted by atomic mass is 10.1. The van der Waals surface area contributed by atoms with Gasteiger partial charge < -0.3 is 23.7 Å². The van der Waals surface area contributed by atoms with Crippen LogP contribution < -0.4 is 14.4 Å². The largest absolute Gasteiger partial charge is 0.496 e. The van der Waals surface area contributed by atoms with E-state index < -0.39 is 0 Å². The number of methoxy groups -OCH3 is 2. The average Bonchev–Trinajstić information content (AvgIpc) is 3.39. The van der Waals surface area contributed by atoms with E-state index in [2.05, 4.69) is 4.98 Å². The Kier molecular flexibility index (Phi) is 5.24. The lowest BCUT2D eigenvalue weighted by Gasteiger charge is -2.24. The number of carbonyl (C=O) groups is 1. The minimum absolute atomic E-state index is 0.0863. The minimum atomic E-state index is -0.112. The Morgan fingerprint density at radius 1 is 1.24 bits per heavy atom. The number of halogens is 1. The molecule has 7 nitrogen and oxygen atoms in total. The molecule has 4 rings (SSSR count). The summed E-state index contributed by atoms with van der Waals surface area (Å²) in [4.78, 5) is 21.5. The van der Waals surface area contributed by atoms with Crippen molar-refractivity contribution >= 4 is 34.6 Å². The second-order valence-electron chi connectivity index (χ2n) is 6.95. The maximum Gasteiger partial charge on any atom is 0.298 e. The number of oxazole rings is 1. The molecule has 152 valence electrons. The summed E-state index contributed by atoms with van der Waals surface area (Å²) >= 11 is 6.03. The summed E-state index contributed by atoms with van der Waals surface area (Å²) in [5, 5.41) is 0.603. The second-order valence-corrected chi connectivity index (χ2v) is 7.39. The van der Waals surface area contributed by atoms with Crippen LogP contribution in [0, 0.1) is 0 Å². The van der Waals surface area contributed by atoms with Crippen LogP contribution in [0.25, 0.3) is 11.1 Å². The molecule has 0 aliphatic carbocycles. The Bertz CT molecular complexity index is 1030. The molecule has 0 spiro atoms. The van der Waals surface area contributed by atoms with Crippen molar-refractivity contribution < 1.29 is 18.7 Å². The number of fused-ring (bicyclic) bond motifs is 1. The van der Waals surface area contributed by atoms with E-state index in [-0.39, 0.29) is 11.9 Å². The first-order valence-corrected chi connectivity index (χ1v) is 9.68. The number of likely N-dealkylation sites (N-methyl/N-ethyl adjacent to an activating group) is 1. The fourth-order valence-electron chi connectivity index (χ4n) is 3.66. The van der Waals surface area contributed by atoms with Gasteiger partial charge in [0.1, 0.15) is 22.6 Å². The van der Waals surface area contributed by atoms with Crippen molar-refractivity contribution in [1.29, 1.82) is 0 Å². The van der Waals surface area contributed by atoms with Crippen LogP contribution in [0.2, 0.25) is 5.02 Å². The van der Waals surface area contributed by atoms with Crippen LogP contribution >= 0.6 is 11.6 Å². The van der Waals surface area contributed by atoms with E-state index in [1.165, 1.54) is 0 Å². The molecule has 2 heterocycles. The van der Waals surface area contributed by atoms with Gasteiger partial charge in [-0.3, -0.25) is 4.79 Å². The van der Waals surface area contributed by atoms with Gasteiger partial charge in [-0.1, -0.05) is 17.7 Å². The zero-order chi connectivity index (χ0) is 20.5. The molecule has 1 atom stereocenters. The summed E-state index contributed by atoms with van der Waals surface area (Å²) < 4.78 is 16.6. The SMILES string of the molecule is COc1cccc(OC)c1C(=O)N1CC[C@@H](N(C)c2nc3ccc(Cl)cc3o2)C1. The number of amides is 1. The Labute approximate surface area is 173 Å². The highest BCUT2D eigenvalue weighted by atomic mass is 35.5. The summed E-state index contributed by atoms with van der Waals surface area (Å²) in [6, 6.07) is 11.3. The zero-order valence-electron chi connectivity index (χ0n) is 16.5. The maximum atomic E-state index is 13.2. The van der Waals surface area contributed by atoms with Gasteiger partial charge in [-0.15, -0.1) is 0 Å². The average molecular weight is 416 g/mol. The van der Waals surface area contributed by atoms with Gasteiger partial charge in [-0.25, -0.2) is 0 Å². The highest BCUT2D eigenvalue weighted by molar-refractivity contribution is 6.31. The lowest BCUT2D eigenvalue weighted by molar-refractivity contribution is 0.0783. The second kappa shape index (κ2) is 7.83. The topological polar surface area (TPSA) is 68.0 Å². The van der Waals surface area contributed by atoms with E-state index in [0.717, 1.165) is 11.9 Å². The summed E-state index contributed by atoms with van der Waals surface area (Å²) in [5.74, 6) is 0.892. The molecule has 0 saturated carbocycles. The predicted molar refractivity (Wildman–Crippen MR) is 111 cm³/mol. The molecule has 0 bridgehead atoms. The third kappa shape index (κ3) is 3.58. The first-order chi connectivity index (χ1) is 14.0. The van der Waals surface area contributed by atoms with Crippen molar-refractivity contribution in [1.82, 2.24) is 9.88 Å². The van der Waals surface area contributed by atoms with E-state index in [1.807, 2.05) is 18.0 Å². The monoisotopic (exact) mass is 415 g/mol. The van der Waals surface area contributed by atoms with E-state index in [4.69, 9.17) is 25.5 Å². The van der Waals surface area contributed by atoms with Crippen molar-refractivity contribution in [3.8, 4) is 11.5 Å². The fourth-order valence-corrected chi connectivity index (χ4v) is 3.82.